The maximum absolute atomic E-state index is 12.1. The van der Waals surface area contributed by atoms with Crippen LogP contribution in [0, 0.1) is 16.7 Å². The van der Waals surface area contributed by atoms with Crippen molar-refractivity contribution >= 4 is 31.8 Å². The number of halogens is 1. The van der Waals surface area contributed by atoms with E-state index >= 15 is 0 Å². The monoisotopic (exact) mass is 310 g/mol. The molecule has 2 fully saturated rings. The van der Waals surface area contributed by atoms with Crippen molar-refractivity contribution in [2.24, 2.45) is 16.7 Å². The lowest BCUT2D eigenvalue weighted by Crippen LogP contribution is -2.40. The van der Waals surface area contributed by atoms with Gasteiger partial charge in [-0.05, 0) is 18.8 Å². The summed E-state index contributed by atoms with van der Waals surface area (Å²) >= 11 is 3.35. The molecule has 2 aliphatic rings. The number of ketones is 1. The van der Waals surface area contributed by atoms with Gasteiger partial charge in [0, 0.05) is 10.8 Å². The highest BCUT2D eigenvalue weighted by Crippen LogP contribution is 2.65. The third-order valence-electron chi connectivity index (χ3n) is 4.66. The fourth-order valence-electron chi connectivity index (χ4n) is 3.46. The molecular formula is C10H15BrO4S. The topological polar surface area (TPSA) is 71.4 Å². The minimum Gasteiger partial charge on any atom is -0.298 e. The summed E-state index contributed by atoms with van der Waals surface area (Å²) in [7, 11) is -4.05. The summed E-state index contributed by atoms with van der Waals surface area (Å²) in [6.07, 6.45) is 1.55. The summed E-state index contributed by atoms with van der Waals surface area (Å²) in [5.74, 6) is -0.239. The highest BCUT2D eigenvalue weighted by Gasteiger charge is 2.68. The zero-order valence-corrected chi connectivity index (χ0v) is 11.6. The molecule has 0 aromatic carbocycles. The molecule has 2 rings (SSSR count). The van der Waals surface area contributed by atoms with E-state index in [0.29, 0.717) is 6.42 Å². The maximum Gasteiger partial charge on any atom is 0.265 e. The molecule has 2 bridgehead atoms. The van der Waals surface area contributed by atoms with Gasteiger partial charge in [0.05, 0.1) is 10.6 Å². The summed E-state index contributed by atoms with van der Waals surface area (Å²) in [5.41, 5.74) is -1.27. The van der Waals surface area contributed by atoms with Crippen molar-refractivity contribution in [3.8, 4) is 0 Å². The van der Waals surface area contributed by atoms with Crippen LogP contribution < -0.4 is 0 Å². The van der Waals surface area contributed by atoms with Gasteiger partial charge in [-0.3, -0.25) is 9.35 Å². The largest absolute Gasteiger partial charge is 0.298 e. The van der Waals surface area contributed by atoms with Gasteiger partial charge in [0.2, 0.25) is 0 Å². The number of carbonyl (C=O) groups is 1. The second-order valence-electron chi connectivity index (χ2n) is 5.39. The molecule has 4 atom stereocenters. The van der Waals surface area contributed by atoms with Crippen molar-refractivity contribution in [1.29, 1.82) is 0 Å². The lowest BCUT2D eigenvalue weighted by Gasteiger charge is -2.35. The molecule has 4 nitrogen and oxygen atoms in total. The van der Waals surface area contributed by atoms with E-state index in [4.69, 9.17) is 4.55 Å². The van der Waals surface area contributed by atoms with E-state index in [9.17, 15) is 13.2 Å². The molecule has 0 unspecified atom stereocenters. The first-order valence-corrected chi connectivity index (χ1v) is 7.78. The molecule has 0 radical (unpaired) electrons. The van der Waals surface area contributed by atoms with Gasteiger partial charge in [0.25, 0.3) is 10.1 Å². The molecule has 2 saturated carbocycles. The van der Waals surface area contributed by atoms with E-state index in [0.717, 1.165) is 6.42 Å². The van der Waals surface area contributed by atoms with Crippen LogP contribution in [0.1, 0.15) is 26.7 Å². The first-order chi connectivity index (χ1) is 7.12. The Morgan fingerprint density at radius 3 is 2.44 bits per heavy atom. The zero-order chi connectivity index (χ0) is 12.4. The number of fused-ring (bicyclic) bond motifs is 2. The van der Waals surface area contributed by atoms with Crippen molar-refractivity contribution < 1.29 is 17.8 Å². The molecule has 0 aromatic rings. The van der Waals surface area contributed by atoms with E-state index in [1.165, 1.54) is 0 Å². The molecule has 0 saturated heterocycles. The fraction of sp³-hybridized carbons (Fsp3) is 0.900. The summed E-state index contributed by atoms with van der Waals surface area (Å²) < 4.78 is 31.2. The van der Waals surface area contributed by atoms with Gasteiger partial charge in [-0.2, -0.15) is 8.42 Å². The van der Waals surface area contributed by atoms with Crippen LogP contribution in [0.4, 0.5) is 0 Å². The van der Waals surface area contributed by atoms with Crippen LogP contribution in [0.3, 0.4) is 0 Å². The van der Waals surface area contributed by atoms with Crippen LogP contribution in [0.15, 0.2) is 0 Å². The fourth-order valence-corrected chi connectivity index (χ4v) is 6.11. The average Bonchev–Trinajstić information content (AvgIpc) is 2.40. The van der Waals surface area contributed by atoms with Crippen molar-refractivity contribution in [3.63, 3.8) is 0 Å². The third kappa shape index (κ3) is 1.42. The van der Waals surface area contributed by atoms with Crippen LogP contribution in [0.25, 0.3) is 0 Å². The molecule has 2 aliphatic carbocycles. The SMILES string of the molecule is C[C@@]12CC[C@@H]([C@H](Br)C1=O)[C@@]2(C)CS(=O)(=O)O. The second-order valence-corrected chi connectivity index (χ2v) is 7.83. The molecule has 0 amide bonds. The van der Waals surface area contributed by atoms with Crippen LogP contribution in [0.5, 0.6) is 0 Å². The van der Waals surface area contributed by atoms with E-state index in [1.807, 2.05) is 6.92 Å². The van der Waals surface area contributed by atoms with Crippen LogP contribution in [0.2, 0.25) is 0 Å². The molecular weight excluding hydrogens is 296 g/mol. The number of rotatable bonds is 2. The molecule has 16 heavy (non-hydrogen) atoms. The van der Waals surface area contributed by atoms with Gasteiger partial charge in [-0.1, -0.05) is 29.8 Å². The maximum atomic E-state index is 12.1. The van der Waals surface area contributed by atoms with Gasteiger partial charge < -0.3 is 0 Å². The number of Topliss-reactive ketones (excluding diaryl/α,β-unsaturated/α-hetero) is 1. The molecule has 6 heteroatoms. The Morgan fingerprint density at radius 2 is 2.06 bits per heavy atom. The smallest absolute Gasteiger partial charge is 0.265 e. The van der Waals surface area contributed by atoms with Crippen molar-refractivity contribution in [1.82, 2.24) is 0 Å². The second kappa shape index (κ2) is 3.29. The van der Waals surface area contributed by atoms with Gasteiger partial charge in [-0.15, -0.1) is 0 Å². The highest BCUT2D eigenvalue weighted by molar-refractivity contribution is 9.10. The highest BCUT2D eigenvalue weighted by atomic mass is 79.9. The van der Waals surface area contributed by atoms with E-state index in [-0.39, 0.29) is 22.3 Å². The Kier molecular flexibility index (Phi) is 2.58. The lowest BCUT2D eigenvalue weighted by atomic mass is 9.70. The van der Waals surface area contributed by atoms with Gasteiger partial charge in [-0.25, -0.2) is 0 Å². The molecule has 0 heterocycles. The number of carbonyl (C=O) groups excluding carboxylic acids is 1. The summed E-state index contributed by atoms with van der Waals surface area (Å²) in [5, 5.41) is 0. The number of hydrogen-bond donors (Lipinski definition) is 1. The van der Waals surface area contributed by atoms with Gasteiger partial charge in [0.15, 0.2) is 5.78 Å². The molecule has 0 aliphatic heterocycles. The molecule has 1 N–H and O–H groups in total. The van der Waals surface area contributed by atoms with Crippen molar-refractivity contribution in [2.75, 3.05) is 5.75 Å². The lowest BCUT2D eigenvalue weighted by molar-refractivity contribution is -0.127. The van der Waals surface area contributed by atoms with Crippen LogP contribution >= 0.6 is 15.9 Å². The Hall–Kier alpha value is 0.0600. The first-order valence-electron chi connectivity index (χ1n) is 5.25. The predicted octanol–water partition coefficient (Wildman–Crippen LogP) is 1.64. The van der Waals surface area contributed by atoms with Crippen molar-refractivity contribution in [2.45, 2.75) is 31.5 Å². The van der Waals surface area contributed by atoms with Crippen LogP contribution in [-0.4, -0.2) is 29.3 Å². The summed E-state index contributed by atoms with van der Waals surface area (Å²) in [6.45, 7) is 3.62. The molecule has 92 valence electrons. The number of hydrogen-bond acceptors (Lipinski definition) is 3. The summed E-state index contributed by atoms with van der Waals surface area (Å²) in [6, 6.07) is 0. The first kappa shape index (κ1) is 12.5. The Bertz CT molecular complexity index is 446. The van der Waals surface area contributed by atoms with Crippen LogP contribution in [-0.2, 0) is 14.9 Å². The average molecular weight is 311 g/mol. The van der Waals surface area contributed by atoms with E-state index in [2.05, 4.69) is 15.9 Å². The number of alkyl halides is 1. The Balaban J connectivity index is 2.47. The predicted molar refractivity (Wildman–Crippen MR) is 63.1 cm³/mol. The molecule has 0 aromatic heterocycles. The Labute approximate surface area is 104 Å². The summed E-state index contributed by atoms with van der Waals surface area (Å²) in [4.78, 5) is 11.8. The Morgan fingerprint density at radius 1 is 1.50 bits per heavy atom. The van der Waals surface area contributed by atoms with Gasteiger partial charge >= 0.3 is 0 Å². The third-order valence-corrected chi connectivity index (χ3v) is 6.68. The molecule has 0 spiro atoms. The van der Waals surface area contributed by atoms with E-state index < -0.39 is 20.9 Å². The quantitative estimate of drug-likeness (QED) is 0.622. The minimum atomic E-state index is -4.05. The van der Waals surface area contributed by atoms with Crippen molar-refractivity contribution in [3.05, 3.63) is 0 Å². The minimum absolute atomic E-state index is 0.00641. The van der Waals surface area contributed by atoms with Gasteiger partial charge in [0.1, 0.15) is 0 Å². The van der Waals surface area contributed by atoms with E-state index in [1.54, 1.807) is 6.92 Å². The normalized spacial score (nSPS) is 47.6. The zero-order valence-electron chi connectivity index (χ0n) is 9.23. The standard InChI is InChI=1S/C10H15BrO4S/c1-9-4-3-6(7(11)8(9)12)10(9,2)5-16(13,14)15/h6-7H,3-5H2,1-2H3,(H,13,14,15)/t6-,7-,9+,10+/m0/s1.